The number of guanidine groups is 1. The van der Waals surface area contributed by atoms with Crippen LogP contribution in [0.2, 0.25) is 0 Å². The van der Waals surface area contributed by atoms with E-state index in [-0.39, 0.29) is 0 Å². The van der Waals surface area contributed by atoms with E-state index in [1.54, 1.807) is 0 Å². The molecule has 0 amide bonds. The summed E-state index contributed by atoms with van der Waals surface area (Å²) in [5, 5.41) is 6.92. The van der Waals surface area contributed by atoms with Crippen molar-refractivity contribution in [2.24, 2.45) is 10.9 Å². The van der Waals surface area contributed by atoms with E-state index in [0.717, 1.165) is 37.3 Å². The fourth-order valence-electron chi connectivity index (χ4n) is 3.59. The van der Waals surface area contributed by atoms with Gasteiger partial charge in [-0.3, -0.25) is 4.99 Å². The number of nitrogens with zero attached hydrogens (tertiary/aromatic N) is 3. The summed E-state index contributed by atoms with van der Waals surface area (Å²) in [6.45, 7) is 5.36. The lowest BCUT2D eigenvalue weighted by atomic mass is 9.99. The van der Waals surface area contributed by atoms with Gasteiger partial charge in [0.05, 0.1) is 0 Å². The zero-order chi connectivity index (χ0) is 16.8. The third-order valence-corrected chi connectivity index (χ3v) is 5.30. The third-order valence-electron chi connectivity index (χ3n) is 5.30. The van der Waals surface area contributed by atoms with Crippen molar-refractivity contribution in [3.8, 4) is 0 Å². The minimum atomic E-state index is 0.582. The van der Waals surface area contributed by atoms with Gasteiger partial charge < -0.3 is 15.5 Å². The highest BCUT2D eigenvalue weighted by Crippen LogP contribution is 2.21. The Morgan fingerprint density at radius 1 is 1.21 bits per heavy atom. The number of hydrogen-bond acceptors (Lipinski definition) is 3. The Bertz CT molecular complexity index is 525. The van der Waals surface area contributed by atoms with Gasteiger partial charge in [-0.1, -0.05) is 25.8 Å². The molecule has 1 aromatic heterocycles. The summed E-state index contributed by atoms with van der Waals surface area (Å²) in [6, 6.07) is 4.91. The van der Waals surface area contributed by atoms with E-state index in [4.69, 9.17) is 0 Å². The van der Waals surface area contributed by atoms with Crippen molar-refractivity contribution in [2.45, 2.75) is 58.0 Å². The molecule has 5 nitrogen and oxygen atoms in total. The van der Waals surface area contributed by atoms with Crippen LogP contribution in [0.3, 0.4) is 0 Å². The van der Waals surface area contributed by atoms with Gasteiger partial charge in [-0.2, -0.15) is 0 Å². The molecule has 0 unspecified atom stereocenters. The van der Waals surface area contributed by atoms with Crippen LogP contribution in [-0.2, 0) is 6.54 Å². The molecule has 24 heavy (non-hydrogen) atoms. The van der Waals surface area contributed by atoms with Crippen molar-refractivity contribution in [1.29, 1.82) is 0 Å². The van der Waals surface area contributed by atoms with Crippen LogP contribution in [0.5, 0.6) is 0 Å². The molecule has 1 aliphatic carbocycles. The molecule has 3 rings (SSSR count). The molecule has 2 fully saturated rings. The number of aliphatic imine (C=N–C) groups is 1. The Balaban J connectivity index is 1.48. The summed E-state index contributed by atoms with van der Waals surface area (Å²) in [4.78, 5) is 11.4. The van der Waals surface area contributed by atoms with Crippen LogP contribution in [0.15, 0.2) is 23.3 Å². The van der Waals surface area contributed by atoms with E-state index in [1.807, 2.05) is 13.2 Å². The molecule has 0 spiro atoms. The smallest absolute Gasteiger partial charge is 0.191 e. The maximum absolute atomic E-state index is 4.66. The van der Waals surface area contributed by atoms with E-state index in [2.05, 4.69) is 44.6 Å². The Morgan fingerprint density at radius 2 is 1.96 bits per heavy atom. The van der Waals surface area contributed by atoms with Crippen molar-refractivity contribution in [2.75, 3.05) is 25.0 Å². The van der Waals surface area contributed by atoms with Gasteiger partial charge in [0.15, 0.2) is 5.96 Å². The first-order valence-corrected chi connectivity index (χ1v) is 9.41. The molecule has 0 atom stereocenters. The summed E-state index contributed by atoms with van der Waals surface area (Å²) >= 11 is 0. The van der Waals surface area contributed by atoms with Crippen molar-refractivity contribution in [1.82, 2.24) is 15.6 Å². The van der Waals surface area contributed by atoms with E-state index >= 15 is 0 Å². The minimum Gasteiger partial charge on any atom is -0.357 e. The first kappa shape index (κ1) is 17.1. The normalized spacial score (nSPS) is 20.4. The zero-order valence-electron chi connectivity index (χ0n) is 15.1. The number of hydrogen-bond donors (Lipinski definition) is 2. The lowest BCUT2D eigenvalue weighted by Crippen LogP contribution is -2.41. The minimum absolute atomic E-state index is 0.582. The molecule has 1 aliphatic heterocycles. The van der Waals surface area contributed by atoms with Crippen LogP contribution in [0.4, 0.5) is 5.82 Å². The monoisotopic (exact) mass is 329 g/mol. The second-order valence-electron chi connectivity index (χ2n) is 7.25. The van der Waals surface area contributed by atoms with Crippen LogP contribution in [0.1, 0.15) is 51.0 Å². The topological polar surface area (TPSA) is 52.6 Å². The van der Waals surface area contributed by atoms with Crippen LogP contribution in [0.25, 0.3) is 0 Å². The molecule has 0 aromatic carbocycles. The lowest BCUT2D eigenvalue weighted by Gasteiger charge is -2.31. The number of pyridine rings is 1. The Labute approximate surface area is 146 Å². The fourth-order valence-corrected chi connectivity index (χ4v) is 3.59. The molecule has 2 heterocycles. The van der Waals surface area contributed by atoms with E-state index in [1.165, 1.54) is 44.1 Å². The van der Waals surface area contributed by atoms with Gasteiger partial charge in [-0.05, 0) is 43.2 Å². The largest absolute Gasteiger partial charge is 0.357 e. The van der Waals surface area contributed by atoms with Crippen LogP contribution >= 0.6 is 0 Å². The molecule has 5 heteroatoms. The molecule has 1 saturated carbocycles. The molecular weight excluding hydrogens is 298 g/mol. The summed E-state index contributed by atoms with van der Waals surface area (Å²) in [6.07, 6.45) is 9.70. The number of anilines is 1. The van der Waals surface area contributed by atoms with Crippen molar-refractivity contribution >= 4 is 11.8 Å². The van der Waals surface area contributed by atoms with Crippen molar-refractivity contribution in [3.63, 3.8) is 0 Å². The highest BCUT2D eigenvalue weighted by atomic mass is 15.2. The van der Waals surface area contributed by atoms with Crippen molar-refractivity contribution < 1.29 is 0 Å². The molecule has 1 aromatic rings. The quantitative estimate of drug-likeness (QED) is 0.659. The summed E-state index contributed by atoms with van der Waals surface area (Å²) < 4.78 is 0. The van der Waals surface area contributed by atoms with Gasteiger partial charge in [-0.15, -0.1) is 0 Å². The first-order chi connectivity index (χ1) is 11.7. The molecular formula is C19H31N5. The summed E-state index contributed by atoms with van der Waals surface area (Å²) in [7, 11) is 1.84. The summed E-state index contributed by atoms with van der Waals surface area (Å²) in [5.74, 6) is 2.86. The maximum atomic E-state index is 4.66. The van der Waals surface area contributed by atoms with E-state index in [0.29, 0.717) is 6.04 Å². The van der Waals surface area contributed by atoms with Crippen LogP contribution in [-0.4, -0.2) is 37.1 Å². The van der Waals surface area contributed by atoms with Crippen LogP contribution < -0.4 is 15.5 Å². The van der Waals surface area contributed by atoms with Gasteiger partial charge in [-0.25, -0.2) is 4.98 Å². The van der Waals surface area contributed by atoms with Gasteiger partial charge in [0.25, 0.3) is 0 Å². The highest BCUT2D eigenvalue weighted by Gasteiger charge is 2.17. The zero-order valence-corrected chi connectivity index (χ0v) is 15.1. The second-order valence-corrected chi connectivity index (χ2v) is 7.25. The summed E-state index contributed by atoms with van der Waals surface area (Å²) in [5.41, 5.74) is 1.19. The Morgan fingerprint density at radius 3 is 2.58 bits per heavy atom. The predicted octanol–water partition coefficient (Wildman–Crippen LogP) is 2.93. The highest BCUT2D eigenvalue weighted by molar-refractivity contribution is 5.79. The number of nitrogens with one attached hydrogen (secondary N) is 2. The average molecular weight is 329 g/mol. The Kier molecular flexibility index (Phi) is 5.94. The number of piperidine rings is 1. The van der Waals surface area contributed by atoms with Gasteiger partial charge in [0, 0.05) is 38.9 Å². The van der Waals surface area contributed by atoms with Gasteiger partial charge >= 0.3 is 0 Å². The molecule has 1 saturated heterocycles. The first-order valence-electron chi connectivity index (χ1n) is 9.41. The molecule has 2 aliphatic rings. The molecule has 132 valence electrons. The van der Waals surface area contributed by atoms with E-state index in [9.17, 15) is 0 Å². The number of rotatable bonds is 4. The molecule has 0 radical (unpaired) electrons. The standard InChI is InChI=1S/C19H31N5/c1-15-9-11-24(12-10-15)18-8-7-16(13-21-18)14-22-19(20-2)23-17-5-3-4-6-17/h7-8,13,15,17H,3-6,9-12,14H2,1-2H3,(H2,20,22,23). The lowest BCUT2D eigenvalue weighted by molar-refractivity contribution is 0.436. The average Bonchev–Trinajstić information content (AvgIpc) is 3.13. The number of aromatic nitrogens is 1. The molecule has 0 bridgehead atoms. The van der Waals surface area contributed by atoms with Gasteiger partial charge in [0.2, 0.25) is 0 Å². The van der Waals surface area contributed by atoms with Crippen LogP contribution in [0, 0.1) is 5.92 Å². The SMILES string of the molecule is CN=C(NCc1ccc(N2CCC(C)CC2)nc1)NC1CCCC1. The maximum Gasteiger partial charge on any atom is 0.191 e. The predicted molar refractivity (Wildman–Crippen MR) is 100 cm³/mol. The third kappa shape index (κ3) is 4.62. The Hall–Kier alpha value is -1.78. The van der Waals surface area contributed by atoms with Gasteiger partial charge in [0.1, 0.15) is 5.82 Å². The van der Waals surface area contributed by atoms with Crippen molar-refractivity contribution in [3.05, 3.63) is 23.9 Å². The molecule has 2 N–H and O–H groups in total. The fraction of sp³-hybridized carbons (Fsp3) is 0.684. The van der Waals surface area contributed by atoms with E-state index < -0.39 is 0 Å². The second kappa shape index (κ2) is 8.36.